The first-order valence-corrected chi connectivity index (χ1v) is 14.6. The van der Waals surface area contributed by atoms with E-state index >= 15 is 0 Å². The quantitative estimate of drug-likeness (QED) is 0.112. The Morgan fingerprint density at radius 3 is 2.00 bits per heavy atom. The maximum Gasteiger partial charge on any atom is 0.538 e. The maximum atomic E-state index is 12.7. The van der Waals surface area contributed by atoms with Gasteiger partial charge in [-0.1, -0.05) is 52.5 Å². The summed E-state index contributed by atoms with van der Waals surface area (Å²) in [6, 6.07) is 24.2. The van der Waals surface area contributed by atoms with Crippen LogP contribution < -0.4 is 25.7 Å². The van der Waals surface area contributed by atoms with Crippen LogP contribution in [0.15, 0.2) is 84.9 Å². The van der Waals surface area contributed by atoms with Gasteiger partial charge in [-0.2, -0.15) is 0 Å². The van der Waals surface area contributed by atoms with Gasteiger partial charge in [0.25, 0.3) is 11.8 Å². The summed E-state index contributed by atoms with van der Waals surface area (Å²) in [5.74, 6) is 0.479. The monoisotopic (exact) mass is 610 g/mol. The maximum absolute atomic E-state index is 12.7. The minimum Gasteiger partial charge on any atom is -0.497 e. The van der Waals surface area contributed by atoms with Crippen molar-refractivity contribution in [3.8, 4) is 11.5 Å². The van der Waals surface area contributed by atoms with E-state index < -0.39 is 7.12 Å². The lowest BCUT2D eigenvalue weighted by atomic mass is 9.80. The lowest BCUT2D eigenvalue weighted by Crippen LogP contribution is -2.34. The number of methoxy groups -OCH3 is 1. The third-order valence-electron chi connectivity index (χ3n) is 6.37. The summed E-state index contributed by atoms with van der Waals surface area (Å²) < 4.78 is 6.89. The number of anilines is 2. The molecule has 0 aliphatic carbocycles. The number of ether oxygens (including phenoxy) is 1. The number of benzene rings is 4. The minimum absolute atomic E-state index is 0.244. The number of fused-ring (bicyclic) bond motifs is 2. The van der Waals surface area contributed by atoms with Gasteiger partial charge in [0.05, 0.1) is 27.5 Å². The molecular weight excluding hydrogens is 587 g/mol. The molecular formula is C30H23BN4O6S2. The number of carbonyl (C=O) groups excluding carboxylic acids is 2. The molecule has 2 amide bonds. The second-order valence-corrected chi connectivity index (χ2v) is 11.5. The van der Waals surface area contributed by atoms with E-state index in [1.807, 2.05) is 43.3 Å². The highest BCUT2D eigenvalue weighted by molar-refractivity contribution is 7.22. The summed E-state index contributed by atoms with van der Waals surface area (Å²) in [7, 11) is 0.189. The molecule has 0 unspecified atom stereocenters. The van der Waals surface area contributed by atoms with Crippen LogP contribution in [0.2, 0.25) is 0 Å². The first-order valence-electron chi connectivity index (χ1n) is 13.0. The number of thiazole rings is 2. The summed E-state index contributed by atoms with van der Waals surface area (Å²) in [4.78, 5) is 44.8. The highest BCUT2D eigenvalue weighted by Gasteiger charge is 2.20. The number of carbonyl (C=O) groups is 2. The van der Waals surface area contributed by atoms with Crippen molar-refractivity contribution in [3.05, 3.63) is 102 Å². The molecule has 2 aromatic heterocycles. The molecule has 13 heteroatoms. The zero-order valence-corrected chi connectivity index (χ0v) is 24.5. The molecule has 0 fully saturated rings. The van der Waals surface area contributed by atoms with Crippen LogP contribution in [0.3, 0.4) is 0 Å². The Labute approximate surface area is 254 Å². The van der Waals surface area contributed by atoms with Crippen molar-refractivity contribution in [1.29, 1.82) is 0 Å². The zero-order chi connectivity index (χ0) is 29.9. The number of hydrogen-bond donors (Lipinski definition) is 3. The third kappa shape index (κ3) is 6.50. The van der Waals surface area contributed by atoms with Crippen LogP contribution in [0.5, 0.6) is 11.5 Å². The number of hydrogen-bond acceptors (Lipinski definition) is 10. The van der Waals surface area contributed by atoms with E-state index in [9.17, 15) is 14.6 Å². The number of nitrogens with one attached hydrogen (secondary N) is 2. The molecule has 2 heterocycles. The Kier molecular flexibility index (Phi) is 8.03. The molecule has 4 aromatic carbocycles. The van der Waals surface area contributed by atoms with Crippen molar-refractivity contribution >= 4 is 77.8 Å². The summed E-state index contributed by atoms with van der Waals surface area (Å²) in [5.41, 5.74) is 3.76. The molecule has 0 bridgehead atoms. The molecule has 0 spiro atoms. The molecule has 0 saturated carbocycles. The third-order valence-corrected chi connectivity index (χ3v) is 8.24. The average Bonchev–Trinajstić information content (AvgIpc) is 3.61. The SMILES string of the molecule is COc1ccc2nc(NC(=O)c3ccc(B(O)OOc4ccc5nc(NC(=O)c6cccc(C)c6)sc5c4)cc3)sc2c1. The second-order valence-electron chi connectivity index (χ2n) is 9.43. The summed E-state index contributed by atoms with van der Waals surface area (Å²) >= 11 is 2.63. The van der Waals surface area contributed by atoms with E-state index in [1.165, 1.54) is 22.7 Å². The van der Waals surface area contributed by atoms with Crippen LogP contribution in [-0.2, 0) is 4.81 Å². The van der Waals surface area contributed by atoms with Crippen molar-refractivity contribution in [2.45, 2.75) is 6.92 Å². The van der Waals surface area contributed by atoms with Gasteiger partial charge >= 0.3 is 7.12 Å². The van der Waals surface area contributed by atoms with Gasteiger partial charge in [-0.15, -0.1) is 0 Å². The molecule has 0 aliphatic heterocycles. The van der Waals surface area contributed by atoms with E-state index in [-0.39, 0.29) is 11.8 Å². The Balaban J connectivity index is 1.05. The predicted molar refractivity (Wildman–Crippen MR) is 169 cm³/mol. The van der Waals surface area contributed by atoms with Crippen molar-refractivity contribution in [1.82, 2.24) is 9.97 Å². The van der Waals surface area contributed by atoms with Gasteiger partial charge in [-0.25, -0.2) is 14.8 Å². The molecule has 6 aromatic rings. The van der Waals surface area contributed by atoms with Gasteiger partial charge in [0.15, 0.2) is 16.0 Å². The summed E-state index contributed by atoms with van der Waals surface area (Å²) in [5, 5.41) is 17.0. The molecule has 0 aliphatic rings. The zero-order valence-electron chi connectivity index (χ0n) is 22.9. The standard InChI is InChI=1S/C30H23BN4O6S2/c1-17-4-3-5-19(14-17)28(37)35-30-33-24-13-11-22(16-26(24)43-30)40-41-31(38)20-8-6-18(7-9-20)27(36)34-29-32-23-12-10-21(39-2)15-25(23)42-29/h3-16,38H,1-2H3,(H,32,34,36)(H,33,35,37). The minimum atomic E-state index is -1.40. The number of rotatable bonds is 9. The molecule has 43 heavy (non-hydrogen) atoms. The lowest BCUT2D eigenvalue weighted by molar-refractivity contribution is -0.117. The highest BCUT2D eigenvalue weighted by Crippen LogP contribution is 2.31. The van der Waals surface area contributed by atoms with Gasteiger partial charge in [0.1, 0.15) is 5.75 Å². The van der Waals surface area contributed by atoms with Gasteiger partial charge in [0, 0.05) is 17.2 Å². The largest absolute Gasteiger partial charge is 0.538 e. The molecule has 0 saturated heterocycles. The molecule has 0 atom stereocenters. The van der Waals surface area contributed by atoms with Gasteiger partial charge in [-0.05, 0) is 67.0 Å². The smallest absolute Gasteiger partial charge is 0.497 e. The van der Waals surface area contributed by atoms with Crippen LogP contribution in [0, 0.1) is 6.92 Å². The molecule has 6 rings (SSSR count). The normalized spacial score (nSPS) is 11.0. The predicted octanol–water partition coefficient (Wildman–Crippen LogP) is 5.43. The van der Waals surface area contributed by atoms with E-state index in [0.717, 1.165) is 20.5 Å². The Morgan fingerprint density at radius 2 is 1.37 bits per heavy atom. The van der Waals surface area contributed by atoms with Crippen LogP contribution in [0.4, 0.5) is 10.3 Å². The molecule has 214 valence electrons. The first kappa shape index (κ1) is 28.3. The number of amides is 2. The highest BCUT2D eigenvalue weighted by atomic mass is 32.1. The number of aromatic nitrogens is 2. The van der Waals surface area contributed by atoms with Crippen LogP contribution in [0.1, 0.15) is 26.3 Å². The fourth-order valence-corrected chi connectivity index (χ4v) is 5.96. The average molecular weight is 610 g/mol. The van der Waals surface area contributed by atoms with Crippen molar-refractivity contribution in [2.24, 2.45) is 0 Å². The fourth-order valence-electron chi connectivity index (χ4n) is 4.18. The van der Waals surface area contributed by atoms with E-state index in [0.29, 0.717) is 43.9 Å². The van der Waals surface area contributed by atoms with Crippen molar-refractivity contribution in [2.75, 3.05) is 17.7 Å². The van der Waals surface area contributed by atoms with E-state index in [4.69, 9.17) is 14.4 Å². The fraction of sp³-hybridized carbons (Fsp3) is 0.0667. The van der Waals surface area contributed by atoms with Crippen LogP contribution in [-0.4, -0.2) is 41.0 Å². The van der Waals surface area contributed by atoms with E-state index in [2.05, 4.69) is 20.6 Å². The van der Waals surface area contributed by atoms with Gasteiger partial charge in [0.2, 0.25) is 0 Å². The van der Waals surface area contributed by atoms with Crippen molar-refractivity contribution in [3.63, 3.8) is 0 Å². The molecule has 3 N–H and O–H groups in total. The Hall–Kier alpha value is -4.82. The summed E-state index contributed by atoms with van der Waals surface area (Å²) in [6.45, 7) is 1.92. The molecule has 10 nitrogen and oxygen atoms in total. The summed E-state index contributed by atoms with van der Waals surface area (Å²) in [6.07, 6.45) is 0. The Morgan fingerprint density at radius 1 is 0.767 bits per heavy atom. The number of nitrogens with zero attached hydrogens (tertiary/aromatic N) is 2. The number of aryl methyl sites for hydroxylation is 1. The topological polar surface area (TPSA) is 132 Å². The van der Waals surface area contributed by atoms with Gasteiger partial charge in [-0.3, -0.25) is 20.2 Å². The van der Waals surface area contributed by atoms with Gasteiger partial charge < -0.3 is 14.6 Å². The Bertz CT molecular complexity index is 1960. The first-order chi connectivity index (χ1) is 20.8. The van der Waals surface area contributed by atoms with E-state index in [1.54, 1.807) is 55.6 Å². The van der Waals surface area contributed by atoms with Crippen LogP contribution in [0.25, 0.3) is 20.4 Å². The molecule has 0 radical (unpaired) electrons. The van der Waals surface area contributed by atoms with Crippen molar-refractivity contribution < 1.29 is 29.0 Å². The lowest BCUT2D eigenvalue weighted by Gasteiger charge is -2.09. The van der Waals surface area contributed by atoms with Crippen LogP contribution >= 0.6 is 22.7 Å². The second kappa shape index (κ2) is 12.2.